The van der Waals surface area contributed by atoms with Crippen molar-refractivity contribution in [3.05, 3.63) is 12.4 Å². The SMILES string of the molecule is CSc1cc(NCCC(=O)N2CCCC2)ncn1. The molecule has 0 aromatic carbocycles. The van der Waals surface area contributed by atoms with Crippen LogP contribution in [0.15, 0.2) is 17.4 Å². The molecule has 98 valence electrons. The number of hydrogen-bond acceptors (Lipinski definition) is 5. The first-order chi connectivity index (χ1) is 8.79. The van der Waals surface area contributed by atoms with Crippen LogP contribution in [0.25, 0.3) is 0 Å². The lowest BCUT2D eigenvalue weighted by atomic mass is 10.3. The normalized spacial score (nSPS) is 14.8. The van der Waals surface area contributed by atoms with Gasteiger partial charge >= 0.3 is 0 Å². The quantitative estimate of drug-likeness (QED) is 0.648. The Kier molecular flexibility index (Phi) is 4.81. The number of thioether (sulfide) groups is 1. The summed E-state index contributed by atoms with van der Waals surface area (Å²) in [6.07, 6.45) is 6.32. The molecule has 1 aliphatic rings. The molecule has 0 atom stereocenters. The zero-order chi connectivity index (χ0) is 12.8. The van der Waals surface area contributed by atoms with Crippen molar-refractivity contribution < 1.29 is 4.79 Å². The van der Waals surface area contributed by atoms with Crippen LogP contribution in [0.5, 0.6) is 0 Å². The zero-order valence-corrected chi connectivity index (χ0v) is 11.4. The maximum Gasteiger partial charge on any atom is 0.224 e. The molecule has 1 amide bonds. The van der Waals surface area contributed by atoms with Crippen molar-refractivity contribution in [1.82, 2.24) is 14.9 Å². The van der Waals surface area contributed by atoms with E-state index in [4.69, 9.17) is 0 Å². The molecule has 0 saturated carbocycles. The van der Waals surface area contributed by atoms with Gasteiger partial charge in [0.1, 0.15) is 17.2 Å². The summed E-state index contributed by atoms with van der Waals surface area (Å²) in [5, 5.41) is 4.09. The van der Waals surface area contributed by atoms with E-state index in [1.54, 1.807) is 11.8 Å². The van der Waals surface area contributed by atoms with Gasteiger partial charge in [0.05, 0.1) is 0 Å². The van der Waals surface area contributed by atoms with E-state index in [0.29, 0.717) is 13.0 Å². The lowest BCUT2D eigenvalue weighted by Gasteiger charge is -2.15. The monoisotopic (exact) mass is 266 g/mol. The van der Waals surface area contributed by atoms with Gasteiger partial charge in [-0.05, 0) is 19.1 Å². The van der Waals surface area contributed by atoms with Crippen LogP contribution < -0.4 is 5.32 Å². The van der Waals surface area contributed by atoms with Crippen molar-refractivity contribution in [2.45, 2.75) is 24.3 Å². The molecule has 0 aliphatic carbocycles. The second-order valence-electron chi connectivity index (χ2n) is 4.21. The summed E-state index contributed by atoms with van der Waals surface area (Å²) in [5.74, 6) is 1.02. The molecule has 0 spiro atoms. The molecule has 2 rings (SSSR count). The van der Waals surface area contributed by atoms with Crippen LogP contribution in [0, 0.1) is 0 Å². The van der Waals surface area contributed by atoms with Gasteiger partial charge in [-0.2, -0.15) is 0 Å². The standard InChI is InChI=1S/C12H18N4OS/c1-18-11-8-10(14-9-15-11)13-5-4-12(17)16-6-2-3-7-16/h8-9H,2-7H2,1H3,(H,13,14,15). The highest BCUT2D eigenvalue weighted by Crippen LogP contribution is 2.14. The van der Waals surface area contributed by atoms with Crippen molar-refractivity contribution >= 4 is 23.5 Å². The Hall–Kier alpha value is -1.30. The molecule has 0 bridgehead atoms. The summed E-state index contributed by atoms with van der Waals surface area (Å²) in [6, 6.07) is 1.89. The van der Waals surface area contributed by atoms with Gasteiger partial charge in [0, 0.05) is 32.1 Å². The maximum absolute atomic E-state index is 11.8. The van der Waals surface area contributed by atoms with Gasteiger partial charge in [0.25, 0.3) is 0 Å². The molecular formula is C12H18N4OS. The highest BCUT2D eigenvalue weighted by molar-refractivity contribution is 7.98. The van der Waals surface area contributed by atoms with Crippen LogP contribution in [0.1, 0.15) is 19.3 Å². The fraction of sp³-hybridized carbons (Fsp3) is 0.583. The zero-order valence-electron chi connectivity index (χ0n) is 10.6. The Balaban J connectivity index is 1.75. The van der Waals surface area contributed by atoms with Crippen molar-refractivity contribution in [3.8, 4) is 0 Å². The molecular weight excluding hydrogens is 248 g/mol. The van der Waals surface area contributed by atoms with E-state index < -0.39 is 0 Å². The van der Waals surface area contributed by atoms with Crippen LogP contribution in [-0.4, -0.2) is 46.7 Å². The van der Waals surface area contributed by atoms with Crippen molar-refractivity contribution in [3.63, 3.8) is 0 Å². The Morgan fingerprint density at radius 2 is 2.22 bits per heavy atom. The predicted molar refractivity (Wildman–Crippen MR) is 72.7 cm³/mol. The molecule has 1 aliphatic heterocycles. The summed E-state index contributed by atoms with van der Waals surface area (Å²) in [4.78, 5) is 22.0. The molecule has 1 fully saturated rings. The Bertz CT molecular complexity index is 407. The van der Waals surface area contributed by atoms with Crippen LogP contribution in [-0.2, 0) is 4.79 Å². The molecule has 1 aromatic rings. The topological polar surface area (TPSA) is 58.1 Å². The fourth-order valence-corrected chi connectivity index (χ4v) is 2.35. The summed E-state index contributed by atoms with van der Waals surface area (Å²) < 4.78 is 0. The van der Waals surface area contributed by atoms with Crippen LogP contribution >= 0.6 is 11.8 Å². The third-order valence-electron chi connectivity index (χ3n) is 2.95. The van der Waals surface area contributed by atoms with Crippen molar-refractivity contribution in [2.24, 2.45) is 0 Å². The number of nitrogens with one attached hydrogen (secondary N) is 1. The van der Waals surface area contributed by atoms with Gasteiger partial charge in [-0.25, -0.2) is 9.97 Å². The number of nitrogens with zero attached hydrogens (tertiary/aromatic N) is 3. The molecule has 18 heavy (non-hydrogen) atoms. The number of hydrogen-bond donors (Lipinski definition) is 1. The van der Waals surface area contributed by atoms with Gasteiger partial charge < -0.3 is 10.2 Å². The van der Waals surface area contributed by atoms with E-state index in [1.165, 1.54) is 6.33 Å². The van der Waals surface area contributed by atoms with E-state index in [1.807, 2.05) is 17.2 Å². The minimum Gasteiger partial charge on any atom is -0.369 e. The molecule has 1 aromatic heterocycles. The number of anilines is 1. The van der Waals surface area contributed by atoms with Gasteiger partial charge in [-0.1, -0.05) is 0 Å². The maximum atomic E-state index is 11.8. The smallest absolute Gasteiger partial charge is 0.224 e. The van der Waals surface area contributed by atoms with Crippen molar-refractivity contribution in [1.29, 1.82) is 0 Å². The number of carbonyl (C=O) groups is 1. The Morgan fingerprint density at radius 3 is 2.94 bits per heavy atom. The molecule has 1 saturated heterocycles. The molecule has 0 radical (unpaired) electrons. The third kappa shape index (κ3) is 3.60. The van der Waals surface area contributed by atoms with Gasteiger partial charge in [-0.15, -0.1) is 11.8 Å². The van der Waals surface area contributed by atoms with E-state index >= 15 is 0 Å². The number of amides is 1. The number of aromatic nitrogens is 2. The first-order valence-electron chi connectivity index (χ1n) is 6.17. The molecule has 5 nitrogen and oxygen atoms in total. The van der Waals surface area contributed by atoms with Crippen LogP contribution in [0.2, 0.25) is 0 Å². The van der Waals surface area contributed by atoms with Gasteiger partial charge in [0.15, 0.2) is 0 Å². The summed E-state index contributed by atoms with van der Waals surface area (Å²) in [6.45, 7) is 2.46. The van der Waals surface area contributed by atoms with E-state index in [2.05, 4.69) is 15.3 Å². The Morgan fingerprint density at radius 1 is 1.44 bits per heavy atom. The average Bonchev–Trinajstić information content (AvgIpc) is 2.93. The number of rotatable bonds is 5. The first kappa shape index (κ1) is 13.1. The average molecular weight is 266 g/mol. The largest absolute Gasteiger partial charge is 0.369 e. The number of carbonyl (C=O) groups excluding carboxylic acids is 1. The Labute approximate surface area is 111 Å². The molecule has 1 N–H and O–H groups in total. The predicted octanol–water partition coefficient (Wildman–Crippen LogP) is 1.62. The molecule has 0 unspecified atom stereocenters. The minimum absolute atomic E-state index is 0.235. The molecule has 6 heteroatoms. The lowest BCUT2D eigenvalue weighted by molar-refractivity contribution is -0.129. The van der Waals surface area contributed by atoms with E-state index in [0.717, 1.165) is 36.8 Å². The third-order valence-corrected chi connectivity index (χ3v) is 3.60. The first-order valence-corrected chi connectivity index (χ1v) is 7.40. The summed E-state index contributed by atoms with van der Waals surface area (Å²) >= 11 is 1.58. The molecule has 2 heterocycles. The van der Waals surface area contributed by atoms with Crippen LogP contribution in [0.4, 0.5) is 5.82 Å². The summed E-state index contributed by atoms with van der Waals surface area (Å²) in [7, 11) is 0. The number of likely N-dealkylation sites (tertiary alicyclic amines) is 1. The van der Waals surface area contributed by atoms with Crippen LogP contribution in [0.3, 0.4) is 0 Å². The second kappa shape index (κ2) is 6.58. The highest BCUT2D eigenvalue weighted by atomic mass is 32.2. The highest BCUT2D eigenvalue weighted by Gasteiger charge is 2.16. The summed E-state index contributed by atoms with van der Waals surface area (Å²) in [5.41, 5.74) is 0. The van der Waals surface area contributed by atoms with Crippen molar-refractivity contribution in [2.75, 3.05) is 31.2 Å². The minimum atomic E-state index is 0.235. The van der Waals surface area contributed by atoms with E-state index in [9.17, 15) is 4.79 Å². The fourth-order valence-electron chi connectivity index (χ4n) is 1.97. The van der Waals surface area contributed by atoms with Gasteiger partial charge in [0.2, 0.25) is 5.91 Å². The van der Waals surface area contributed by atoms with Gasteiger partial charge in [-0.3, -0.25) is 4.79 Å². The lowest BCUT2D eigenvalue weighted by Crippen LogP contribution is -2.29. The van der Waals surface area contributed by atoms with E-state index in [-0.39, 0.29) is 5.91 Å². The second-order valence-corrected chi connectivity index (χ2v) is 5.04.